The van der Waals surface area contributed by atoms with Gasteiger partial charge in [-0.2, -0.15) is 4.52 Å². The molecule has 26 heavy (non-hydrogen) atoms. The van der Waals surface area contributed by atoms with Crippen LogP contribution in [-0.2, 0) is 9.53 Å². The lowest BCUT2D eigenvalue weighted by molar-refractivity contribution is -0.142. The van der Waals surface area contributed by atoms with E-state index >= 15 is 0 Å². The Morgan fingerprint density at radius 1 is 1.04 bits per heavy atom. The molecule has 3 aliphatic rings. The van der Waals surface area contributed by atoms with Gasteiger partial charge in [0.05, 0.1) is 0 Å². The molecule has 0 N–H and O–H groups in total. The summed E-state index contributed by atoms with van der Waals surface area (Å²) in [5, 5.41) is 13.5. The molecule has 1 amide bonds. The van der Waals surface area contributed by atoms with Crippen molar-refractivity contribution in [3.05, 3.63) is 18.0 Å². The van der Waals surface area contributed by atoms with Crippen molar-refractivity contribution in [1.29, 1.82) is 0 Å². The topological polar surface area (TPSA) is 75.9 Å². The summed E-state index contributed by atoms with van der Waals surface area (Å²) in [6, 6.07) is 4.02. The molecule has 5 heterocycles. The van der Waals surface area contributed by atoms with E-state index in [9.17, 15) is 4.79 Å². The number of fused-ring (bicyclic) bond motifs is 1. The molecule has 1 unspecified atom stereocenters. The van der Waals surface area contributed by atoms with Crippen molar-refractivity contribution in [3.63, 3.8) is 0 Å². The van der Waals surface area contributed by atoms with Gasteiger partial charge in [0, 0.05) is 38.7 Å². The molecule has 0 radical (unpaired) electrons. The molecule has 0 bridgehead atoms. The van der Waals surface area contributed by atoms with Gasteiger partial charge < -0.3 is 14.5 Å². The van der Waals surface area contributed by atoms with Gasteiger partial charge in [-0.25, -0.2) is 0 Å². The summed E-state index contributed by atoms with van der Waals surface area (Å²) in [4.78, 5) is 16.7. The molecular formula is C18H24N6O2. The zero-order valence-electron chi connectivity index (χ0n) is 14.9. The minimum atomic E-state index is -0.221. The minimum absolute atomic E-state index is 0.158. The first-order chi connectivity index (χ1) is 12.8. The van der Waals surface area contributed by atoms with Crippen molar-refractivity contribution < 1.29 is 9.53 Å². The Kier molecular flexibility index (Phi) is 4.00. The van der Waals surface area contributed by atoms with E-state index in [0.29, 0.717) is 6.61 Å². The summed E-state index contributed by atoms with van der Waals surface area (Å²) in [5.41, 5.74) is 0.794. The predicted molar refractivity (Wildman–Crippen MR) is 95.1 cm³/mol. The Bertz CT molecular complexity index is 803. The van der Waals surface area contributed by atoms with Crippen molar-refractivity contribution in [2.24, 2.45) is 0 Å². The Labute approximate surface area is 152 Å². The van der Waals surface area contributed by atoms with Crippen LogP contribution in [0.25, 0.3) is 5.65 Å². The highest BCUT2D eigenvalue weighted by molar-refractivity contribution is 5.81. The fraction of sp³-hybridized carbons (Fsp3) is 0.667. The van der Waals surface area contributed by atoms with Crippen LogP contribution < -0.4 is 4.90 Å². The first-order valence-corrected chi connectivity index (χ1v) is 9.67. The van der Waals surface area contributed by atoms with Gasteiger partial charge in [0.1, 0.15) is 11.9 Å². The average Bonchev–Trinajstić information content (AvgIpc) is 3.29. The maximum Gasteiger partial charge on any atom is 0.251 e. The van der Waals surface area contributed by atoms with Crippen LogP contribution in [0.5, 0.6) is 0 Å². The number of carbonyl (C=O) groups excluding carboxylic acids is 1. The quantitative estimate of drug-likeness (QED) is 0.823. The zero-order chi connectivity index (χ0) is 17.5. The number of carbonyl (C=O) groups is 1. The van der Waals surface area contributed by atoms with Gasteiger partial charge in [-0.05, 0) is 44.2 Å². The standard InChI is InChI=1S/C18H24N6O2/c25-18(14-3-1-12-26-14)23-10-6-13(7-11-23)17-20-19-15-4-5-16(21-24(15)17)22-8-2-9-22/h4-5,13-14H,1-3,6-12H2. The number of hydrogen-bond acceptors (Lipinski definition) is 6. The fourth-order valence-corrected chi connectivity index (χ4v) is 4.10. The molecule has 3 aliphatic heterocycles. The van der Waals surface area contributed by atoms with Gasteiger partial charge in [0.15, 0.2) is 11.5 Å². The number of amides is 1. The predicted octanol–water partition coefficient (Wildman–Crippen LogP) is 1.22. The molecule has 0 spiro atoms. The number of piperidine rings is 1. The van der Waals surface area contributed by atoms with E-state index in [-0.39, 0.29) is 17.9 Å². The van der Waals surface area contributed by atoms with Gasteiger partial charge in [-0.3, -0.25) is 4.79 Å². The van der Waals surface area contributed by atoms with E-state index in [1.807, 2.05) is 21.5 Å². The maximum absolute atomic E-state index is 12.5. The highest BCUT2D eigenvalue weighted by Gasteiger charge is 2.32. The number of aromatic nitrogens is 4. The molecule has 8 nitrogen and oxygen atoms in total. The van der Waals surface area contributed by atoms with Crippen molar-refractivity contribution in [2.45, 2.75) is 44.1 Å². The van der Waals surface area contributed by atoms with Crippen LogP contribution in [0.3, 0.4) is 0 Å². The Balaban J connectivity index is 1.30. The number of nitrogens with zero attached hydrogens (tertiary/aromatic N) is 6. The molecule has 0 aromatic carbocycles. The second-order valence-corrected chi connectivity index (χ2v) is 7.46. The molecule has 5 rings (SSSR count). The zero-order valence-corrected chi connectivity index (χ0v) is 14.9. The highest BCUT2D eigenvalue weighted by atomic mass is 16.5. The molecule has 0 aliphatic carbocycles. The van der Waals surface area contributed by atoms with Crippen LogP contribution in [0, 0.1) is 0 Å². The number of rotatable bonds is 3. The van der Waals surface area contributed by atoms with Crippen molar-refractivity contribution in [3.8, 4) is 0 Å². The highest BCUT2D eigenvalue weighted by Crippen LogP contribution is 2.29. The smallest absolute Gasteiger partial charge is 0.251 e. The maximum atomic E-state index is 12.5. The monoisotopic (exact) mass is 356 g/mol. The molecule has 2 aromatic rings. The van der Waals surface area contributed by atoms with Crippen molar-refractivity contribution in [1.82, 2.24) is 24.7 Å². The Hall–Kier alpha value is -2.22. The summed E-state index contributed by atoms with van der Waals surface area (Å²) in [6.07, 6.45) is 4.65. The third kappa shape index (κ3) is 2.72. The third-order valence-electron chi connectivity index (χ3n) is 5.83. The number of likely N-dealkylation sites (tertiary alicyclic amines) is 1. The van der Waals surface area contributed by atoms with E-state index in [2.05, 4.69) is 15.1 Å². The van der Waals surface area contributed by atoms with E-state index < -0.39 is 0 Å². The summed E-state index contributed by atoms with van der Waals surface area (Å²) in [7, 11) is 0. The van der Waals surface area contributed by atoms with Gasteiger partial charge >= 0.3 is 0 Å². The largest absolute Gasteiger partial charge is 0.368 e. The molecule has 138 valence electrons. The van der Waals surface area contributed by atoms with Gasteiger partial charge in [-0.15, -0.1) is 15.3 Å². The van der Waals surface area contributed by atoms with Crippen LogP contribution in [0.2, 0.25) is 0 Å². The number of ether oxygens (including phenoxy) is 1. The SMILES string of the molecule is O=C(C1CCCO1)N1CCC(c2nnc3ccc(N4CCC4)nn23)CC1. The fourth-order valence-electron chi connectivity index (χ4n) is 4.10. The molecule has 2 aromatic heterocycles. The number of hydrogen-bond donors (Lipinski definition) is 0. The first-order valence-electron chi connectivity index (χ1n) is 9.67. The lowest BCUT2D eigenvalue weighted by Crippen LogP contribution is -2.43. The summed E-state index contributed by atoms with van der Waals surface area (Å²) < 4.78 is 7.44. The summed E-state index contributed by atoms with van der Waals surface area (Å²) in [5.74, 6) is 2.37. The average molecular weight is 356 g/mol. The minimum Gasteiger partial charge on any atom is -0.368 e. The van der Waals surface area contributed by atoms with Crippen molar-refractivity contribution in [2.75, 3.05) is 37.7 Å². The molecule has 8 heteroatoms. The van der Waals surface area contributed by atoms with E-state index in [1.54, 1.807) is 0 Å². The van der Waals surface area contributed by atoms with Gasteiger partial charge in [-0.1, -0.05) is 0 Å². The van der Waals surface area contributed by atoms with Crippen molar-refractivity contribution >= 4 is 17.4 Å². The summed E-state index contributed by atoms with van der Waals surface area (Å²) >= 11 is 0. The van der Waals surface area contributed by atoms with Crippen LogP contribution in [0.4, 0.5) is 5.82 Å². The van der Waals surface area contributed by atoms with Gasteiger partial charge in [0.2, 0.25) is 0 Å². The molecule has 0 saturated carbocycles. The Morgan fingerprint density at radius 3 is 2.58 bits per heavy atom. The van der Waals surface area contributed by atoms with Crippen LogP contribution in [0.1, 0.15) is 43.8 Å². The van der Waals surface area contributed by atoms with Gasteiger partial charge in [0.25, 0.3) is 5.91 Å². The van der Waals surface area contributed by atoms with Crippen LogP contribution in [-0.4, -0.2) is 69.5 Å². The summed E-state index contributed by atoms with van der Waals surface area (Å²) in [6.45, 7) is 4.36. The lowest BCUT2D eigenvalue weighted by Gasteiger charge is -2.33. The van der Waals surface area contributed by atoms with Crippen LogP contribution >= 0.6 is 0 Å². The van der Waals surface area contributed by atoms with E-state index in [1.165, 1.54) is 6.42 Å². The number of anilines is 1. The van der Waals surface area contributed by atoms with Crippen LogP contribution in [0.15, 0.2) is 12.1 Å². The van der Waals surface area contributed by atoms with E-state index in [4.69, 9.17) is 9.84 Å². The first kappa shape index (κ1) is 16.0. The second kappa shape index (κ2) is 6.50. The Morgan fingerprint density at radius 2 is 1.88 bits per heavy atom. The van der Waals surface area contributed by atoms with E-state index in [0.717, 1.165) is 69.2 Å². The second-order valence-electron chi connectivity index (χ2n) is 7.46. The third-order valence-corrected chi connectivity index (χ3v) is 5.83. The molecular weight excluding hydrogens is 332 g/mol. The lowest BCUT2D eigenvalue weighted by atomic mass is 9.95. The molecule has 3 fully saturated rings. The molecule has 3 saturated heterocycles. The molecule has 1 atom stereocenters. The normalized spacial score (nSPS) is 24.2.